The van der Waals surface area contributed by atoms with Crippen LogP contribution in [0.1, 0.15) is 25.8 Å². The predicted molar refractivity (Wildman–Crippen MR) is 79.8 cm³/mol. The number of hydrogen-bond acceptors (Lipinski definition) is 3. The molecule has 0 unspecified atom stereocenters. The second-order valence-corrected chi connectivity index (χ2v) is 4.92. The normalized spacial score (nSPS) is 10.5. The Morgan fingerprint density at radius 1 is 1.37 bits per heavy atom. The quantitative estimate of drug-likeness (QED) is 0.547. The summed E-state index contributed by atoms with van der Waals surface area (Å²) in [6.45, 7) is 10.5. The minimum atomic E-state index is 0.642. The minimum absolute atomic E-state index is 0.642. The van der Waals surface area contributed by atoms with Crippen molar-refractivity contribution in [2.45, 2.75) is 26.8 Å². The molecule has 0 aliphatic carbocycles. The van der Waals surface area contributed by atoms with Gasteiger partial charge in [-0.1, -0.05) is 26.0 Å². The van der Waals surface area contributed by atoms with Gasteiger partial charge < -0.3 is 14.8 Å². The summed E-state index contributed by atoms with van der Waals surface area (Å²) in [4.78, 5) is 0. The highest BCUT2D eigenvalue weighted by atomic mass is 16.5. The summed E-state index contributed by atoms with van der Waals surface area (Å²) >= 11 is 0. The van der Waals surface area contributed by atoms with Crippen molar-refractivity contribution in [1.29, 1.82) is 0 Å². The number of hydrogen-bond donors (Lipinski definition) is 1. The van der Waals surface area contributed by atoms with Crippen molar-refractivity contribution in [2.24, 2.45) is 5.92 Å². The molecule has 1 aromatic carbocycles. The first kappa shape index (κ1) is 15.6. The Morgan fingerprint density at radius 3 is 2.79 bits per heavy atom. The topological polar surface area (TPSA) is 30.5 Å². The van der Waals surface area contributed by atoms with E-state index in [0.29, 0.717) is 12.5 Å². The third-order valence-corrected chi connectivity index (χ3v) is 2.72. The van der Waals surface area contributed by atoms with Crippen molar-refractivity contribution in [2.75, 3.05) is 20.3 Å². The fraction of sp³-hybridized carbons (Fsp3) is 0.500. The number of benzene rings is 1. The van der Waals surface area contributed by atoms with Crippen molar-refractivity contribution in [3.05, 3.63) is 36.4 Å². The second-order valence-electron chi connectivity index (χ2n) is 4.92. The van der Waals surface area contributed by atoms with Crippen molar-refractivity contribution in [1.82, 2.24) is 5.32 Å². The summed E-state index contributed by atoms with van der Waals surface area (Å²) in [5.74, 6) is 2.35. The number of nitrogens with one attached hydrogen (secondary N) is 1. The lowest BCUT2D eigenvalue weighted by Gasteiger charge is -2.14. The monoisotopic (exact) mass is 263 g/mol. The van der Waals surface area contributed by atoms with Crippen molar-refractivity contribution < 1.29 is 9.47 Å². The molecule has 0 fully saturated rings. The largest absolute Gasteiger partial charge is 0.497 e. The lowest BCUT2D eigenvalue weighted by Crippen LogP contribution is -2.19. The first-order valence-electron chi connectivity index (χ1n) is 6.78. The Kier molecular flexibility index (Phi) is 7.04. The van der Waals surface area contributed by atoms with Gasteiger partial charge in [-0.15, -0.1) is 6.58 Å². The average Bonchev–Trinajstić information content (AvgIpc) is 2.40. The van der Waals surface area contributed by atoms with Crippen LogP contribution < -0.4 is 14.8 Å². The Bertz CT molecular complexity index is 388. The van der Waals surface area contributed by atoms with Crippen LogP contribution in [-0.4, -0.2) is 20.3 Å². The van der Waals surface area contributed by atoms with E-state index in [2.05, 4.69) is 31.8 Å². The summed E-state index contributed by atoms with van der Waals surface area (Å²) in [5, 5.41) is 3.43. The SMILES string of the molecule is C=CCCOc1cc(OC)ccc1CNCC(C)C. The standard InChI is InChI=1S/C16H25NO2/c1-5-6-9-19-16-10-15(18-4)8-7-14(16)12-17-11-13(2)3/h5,7-8,10,13,17H,1,6,9,11-12H2,2-4H3. The zero-order chi connectivity index (χ0) is 14.1. The van der Waals surface area contributed by atoms with E-state index in [-0.39, 0.29) is 0 Å². The number of ether oxygens (including phenoxy) is 2. The molecule has 3 nitrogen and oxygen atoms in total. The van der Waals surface area contributed by atoms with Gasteiger partial charge in [0.05, 0.1) is 13.7 Å². The van der Waals surface area contributed by atoms with Crippen LogP contribution in [0.4, 0.5) is 0 Å². The number of methoxy groups -OCH3 is 1. The molecule has 0 aromatic heterocycles. The fourth-order valence-corrected chi connectivity index (χ4v) is 1.69. The van der Waals surface area contributed by atoms with Crippen LogP contribution in [0.5, 0.6) is 11.5 Å². The average molecular weight is 263 g/mol. The first-order chi connectivity index (χ1) is 9.17. The molecule has 3 heteroatoms. The van der Waals surface area contributed by atoms with Crippen molar-refractivity contribution >= 4 is 0 Å². The van der Waals surface area contributed by atoms with E-state index in [1.54, 1.807) is 7.11 Å². The molecule has 0 atom stereocenters. The van der Waals surface area contributed by atoms with Crippen LogP contribution in [0.25, 0.3) is 0 Å². The lowest BCUT2D eigenvalue weighted by molar-refractivity contribution is 0.317. The smallest absolute Gasteiger partial charge is 0.127 e. The maximum Gasteiger partial charge on any atom is 0.127 e. The Morgan fingerprint density at radius 2 is 2.16 bits per heavy atom. The maximum atomic E-state index is 5.79. The van der Waals surface area contributed by atoms with Gasteiger partial charge in [0.15, 0.2) is 0 Å². The van der Waals surface area contributed by atoms with Crippen LogP contribution in [0, 0.1) is 5.92 Å². The molecule has 0 aliphatic heterocycles. The van der Waals surface area contributed by atoms with Crippen LogP contribution in [0.3, 0.4) is 0 Å². The van der Waals surface area contributed by atoms with E-state index in [4.69, 9.17) is 9.47 Å². The molecule has 1 aromatic rings. The molecule has 0 bridgehead atoms. The van der Waals surface area contributed by atoms with E-state index >= 15 is 0 Å². The van der Waals surface area contributed by atoms with Crippen LogP contribution in [0.2, 0.25) is 0 Å². The fourth-order valence-electron chi connectivity index (χ4n) is 1.69. The van der Waals surface area contributed by atoms with E-state index < -0.39 is 0 Å². The molecular weight excluding hydrogens is 238 g/mol. The molecule has 0 radical (unpaired) electrons. The van der Waals surface area contributed by atoms with Gasteiger partial charge in [0.25, 0.3) is 0 Å². The maximum absolute atomic E-state index is 5.79. The molecule has 0 saturated heterocycles. The summed E-state index contributed by atoms with van der Waals surface area (Å²) in [6.07, 6.45) is 2.70. The summed E-state index contributed by atoms with van der Waals surface area (Å²) in [7, 11) is 1.67. The summed E-state index contributed by atoms with van der Waals surface area (Å²) < 4.78 is 11.0. The molecule has 0 spiro atoms. The molecule has 1 rings (SSSR count). The van der Waals surface area contributed by atoms with Gasteiger partial charge in [0, 0.05) is 18.2 Å². The van der Waals surface area contributed by atoms with E-state index in [9.17, 15) is 0 Å². The zero-order valence-corrected chi connectivity index (χ0v) is 12.2. The van der Waals surface area contributed by atoms with Crippen LogP contribution in [-0.2, 0) is 6.54 Å². The van der Waals surface area contributed by atoms with E-state index in [0.717, 1.165) is 36.6 Å². The number of rotatable bonds is 9. The van der Waals surface area contributed by atoms with E-state index in [1.807, 2.05) is 18.2 Å². The molecule has 106 valence electrons. The molecule has 1 N–H and O–H groups in total. The first-order valence-corrected chi connectivity index (χ1v) is 6.78. The van der Waals surface area contributed by atoms with Gasteiger partial charge in [-0.25, -0.2) is 0 Å². The second kappa shape index (κ2) is 8.59. The van der Waals surface area contributed by atoms with Gasteiger partial charge in [-0.3, -0.25) is 0 Å². The molecule has 19 heavy (non-hydrogen) atoms. The van der Waals surface area contributed by atoms with Gasteiger partial charge in [-0.2, -0.15) is 0 Å². The van der Waals surface area contributed by atoms with Gasteiger partial charge >= 0.3 is 0 Å². The molecule has 0 saturated carbocycles. The van der Waals surface area contributed by atoms with Crippen molar-refractivity contribution in [3.63, 3.8) is 0 Å². The third-order valence-electron chi connectivity index (χ3n) is 2.72. The molecular formula is C16H25NO2. The van der Waals surface area contributed by atoms with Crippen molar-refractivity contribution in [3.8, 4) is 11.5 Å². The van der Waals surface area contributed by atoms with Gasteiger partial charge in [0.2, 0.25) is 0 Å². The Hall–Kier alpha value is -1.48. The highest BCUT2D eigenvalue weighted by molar-refractivity contribution is 5.40. The Balaban J connectivity index is 2.67. The molecule has 0 heterocycles. The van der Waals surface area contributed by atoms with Crippen LogP contribution in [0.15, 0.2) is 30.9 Å². The predicted octanol–water partition coefficient (Wildman–Crippen LogP) is 3.40. The highest BCUT2D eigenvalue weighted by Crippen LogP contribution is 2.25. The summed E-state index contributed by atoms with van der Waals surface area (Å²) in [5.41, 5.74) is 1.16. The summed E-state index contributed by atoms with van der Waals surface area (Å²) in [6, 6.07) is 5.96. The zero-order valence-electron chi connectivity index (χ0n) is 12.2. The Labute approximate surface area is 116 Å². The highest BCUT2D eigenvalue weighted by Gasteiger charge is 2.06. The van der Waals surface area contributed by atoms with Gasteiger partial charge in [0.1, 0.15) is 11.5 Å². The van der Waals surface area contributed by atoms with E-state index in [1.165, 1.54) is 0 Å². The van der Waals surface area contributed by atoms with Crippen LogP contribution >= 0.6 is 0 Å². The minimum Gasteiger partial charge on any atom is -0.497 e. The molecule has 0 amide bonds. The molecule has 0 aliphatic rings. The van der Waals surface area contributed by atoms with Gasteiger partial charge in [-0.05, 0) is 24.9 Å². The lowest BCUT2D eigenvalue weighted by atomic mass is 10.1. The third kappa shape index (κ3) is 5.79.